The highest BCUT2D eigenvalue weighted by molar-refractivity contribution is 8.03. The number of hydrogen-bond donors (Lipinski definition) is 2. The first-order valence-corrected chi connectivity index (χ1v) is 11.1. The molecule has 0 radical (unpaired) electrons. The summed E-state index contributed by atoms with van der Waals surface area (Å²) in [6, 6.07) is 13.6. The van der Waals surface area contributed by atoms with Gasteiger partial charge < -0.3 is 15.1 Å². The van der Waals surface area contributed by atoms with E-state index in [1.54, 1.807) is 11.8 Å². The van der Waals surface area contributed by atoms with Crippen molar-refractivity contribution in [3.8, 4) is 0 Å². The van der Waals surface area contributed by atoms with Crippen molar-refractivity contribution in [2.45, 2.75) is 11.4 Å². The molecule has 3 aromatic rings. The number of aliphatic hydroxyl groups excluding tert-OH is 2. The molecule has 1 aliphatic heterocycles. The van der Waals surface area contributed by atoms with Crippen molar-refractivity contribution in [2.75, 3.05) is 24.7 Å². The van der Waals surface area contributed by atoms with Gasteiger partial charge >= 0.3 is 0 Å². The molecular weight excluding hydrogens is 439 g/mol. The number of hydrogen-bond acceptors (Lipinski definition) is 4. The number of allylic oxidation sites excluding steroid dienone is 2. The average molecular weight is 460 g/mol. The van der Waals surface area contributed by atoms with Crippen LogP contribution in [0.1, 0.15) is 5.56 Å². The summed E-state index contributed by atoms with van der Waals surface area (Å²) in [6.07, 6.45) is 8.08. The van der Waals surface area contributed by atoms with Gasteiger partial charge in [0.15, 0.2) is 12.7 Å². The van der Waals surface area contributed by atoms with Crippen LogP contribution in [0, 0.1) is 0 Å². The minimum Gasteiger partial charge on any atom is -0.395 e. The highest BCUT2D eigenvalue weighted by Gasteiger charge is 2.24. The Morgan fingerprint density at radius 1 is 1.00 bits per heavy atom. The van der Waals surface area contributed by atoms with Gasteiger partial charge in [-0.05, 0) is 42.0 Å². The summed E-state index contributed by atoms with van der Waals surface area (Å²) in [5, 5.41) is 22.3. The van der Waals surface area contributed by atoms with Gasteiger partial charge in [-0.3, -0.25) is 0 Å². The monoisotopic (exact) mass is 459 g/mol. The maximum atomic E-state index is 9.49. The fourth-order valence-corrected chi connectivity index (χ4v) is 4.95. The number of anilines is 1. The lowest BCUT2D eigenvalue weighted by Crippen LogP contribution is -2.36. The first kappa shape index (κ1) is 21.2. The number of benzene rings is 2. The Morgan fingerprint density at radius 3 is 2.60 bits per heavy atom. The van der Waals surface area contributed by atoms with E-state index in [2.05, 4.69) is 11.0 Å². The van der Waals surface area contributed by atoms with Crippen molar-refractivity contribution in [3.05, 3.63) is 81.5 Å². The molecule has 0 saturated heterocycles. The van der Waals surface area contributed by atoms with E-state index in [0.29, 0.717) is 23.1 Å². The lowest BCUT2D eigenvalue weighted by atomic mass is 10.1. The highest BCUT2D eigenvalue weighted by Crippen LogP contribution is 2.46. The van der Waals surface area contributed by atoms with Crippen LogP contribution in [0.15, 0.2) is 70.7 Å². The van der Waals surface area contributed by atoms with Crippen LogP contribution in [0.5, 0.6) is 0 Å². The summed E-state index contributed by atoms with van der Waals surface area (Å²) in [5.74, 6) is 0. The van der Waals surface area contributed by atoms with Gasteiger partial charge in [-0.1, -0.05) is 47.1 Å². The van der Waals surface area contributed by atoms with E-state index in [1.165, 1.54) is 0 Å². The summed E-state index contributed by atoms with van der Waals surface area (Å²) >= 11 is 14.0. The lowest BCUT2D eigenvalue weighted by Gasteiger charge is -2.18. The molecule has 30 heavy (non-hydrogen) atoms. The normalized spacial score (nSPS) is 14.9. The zero-order valence-electron chi connectivity index (χ0n) is 16.1. The molecule has 0 atom stereocenters. The number of nitrogens with zero attached hydrogens (tertiary/aromatic N) is 2. The number of pyridine rings is 1. The van der Waals surface area contributed by atoms with Gasteiger partial charge in [0.1, 0.15) is 6.61 Å². The van der Waals surface area contributed by atoms with Crippen molar-refractivity contribution in [1.82, 2.24) is 0 Å². The number of aliphatic hydroxyl groups is 2. The van der Waals surface area contributed by atoms with Crippen LogP contribution >= 0.6 is 35.0 Å². The molecule has 7 heteroatoms. The highest BCUT2D eigenvalue weighted by atomic mass is 35.5. The predicted octanol–water partition coefficient (Wildman–Crippen LogP) is 4.89. The number of aromatic nitrogens is 1. The summed E-state index contributed by atoms with van der Waals surface area (Å²) in [6.45, 7) is 1.14. The molecule has 2 heterocycles. The maximum absolute atomic E-state index is 9.49. The minimum atomic E-state index is 0.0580. The van der Waals surface area contributed by atoms with Crippen LogP contribution in [-0.4, -0.2) is 30.0 Å². The lowest BCUT2D eigenvalue weighted by molar-refractivity contribution is -0.672. The molecule has 2 aromatic carbocycles. The molecule has 4 rings (SSSR count). The van der Waals surface area contributed by atoms with Crippen LogP contribution in [-0.2, 0) is 6.54 Å². The van der Waals surface area contributed by atoms with Gasteiger partial charge in [-0.15, -0.1) is 0 Å². The summed E-state index contributed by atoms with van der Waals surface area (Å²) < 4.78 is 1.99. The van der Waals surface area contributed by atoms with Gasteiger partial charge in [-0.2, -0.15) is 4.57 Å². The van der Waals surface area contributed by atoms with E-state index in [4.69, 9.17) is 23.2 Å². The first-order valence-electron chi connectivity index (χ1n) is 9.57. The number of thioether (sulfide) groups is 1. The van der Waals surface area contributed by atoms with Crippen molar-refractivity contribution in [2.24, 2.45) is 0 Å². The second kappa shape index (κ2) is 9.41. The van der Waals surface area contributed by atoms with E-state index in [1.807, 2.05) is 65.4 Å². The van der Waals surface area contributed by atoms with E-state index < -0.39 is 0 Å². The van der Waals surface area contributed by atoms with Crippen LogP contribution in [0.25, 0.3) is 17.0 Å². The molecule has 0 unspecified atom stereocenters. The fraction of sp³-hybridized carbons (Fsp3) is 0.174. The van der Waals surface area contributed by atoms with E-state index >= 15 is 0 Å². The van der Waals surface area contributed by atoms with Gasteiger partial charge in [0, 0.05) is 33.6 Å². The predicted molar refractivity (Wildman–Crippen MR) is 125 cm³/mol. The zero-order chi connectivity index (χ0) is 21.1. The number of rotatable bonds is 6. The van der Waals surface area contributed by atoms with Crippen LogP contribution in [0.2, 0.25) is 10.0 Å². The van der Waals surface area contributed by atoms with Crippen LogP contribution in [0.4, 0.5) is 5.69 Å². The Hall–Kier alpha value is -2.02. The Balaban J connectivity index is 1.66. The van der Waals surface area contributed by atoms with Gasteiger partial charge in [0.05, 0.1) is 22.7 Å². The van der Waals surface area contributed by atoms with E-state index in [0.717, 1.165) is 32.1 Å². The Labute approximate surface area is 189 Å². The molecule has 4 nitrogen and oxygen atoms in total. The Morgan fingerprint density at radius 2 is 1.80 bits per heavy atom. The largest absolute Gasteiger partial charge is 0.395 e. The quantitative estimate of drug-likeness (QED) is 0.515. The molecule has 1 aromatic heterocycles. The van der Waals surface area contributed by atoms with Crippen molar-refractivity contribution >= 4 is 57.6 Å². The van der Waals surface area contributed by atoms with Crippen molar-refractivity contribution < 1.29 is 14.8 Å². The third-order valence-electron chi connectivity index (χ3n) is 4.89. The molecular formula is C23H21Cl2N2O2S+. The standard InChI is InChI=1S/C23H21Cl2N2O2S/c24-17-4-6-19-16(8-9-26(10-12-28)20(19)14-17)2-1-3-23-27(11-13-29)21-15-18(25)5-7-22(21)30-23/h1-9,14-15,28-29H,10-13H2/q+1. The molecule has 0 saturated carbocycles. The van der Waals surface area contributed by atoms with Crippen molar-refractivity contribution in [3.63, 3.8) is 0 Å². The first-order chi connectivity index (χ1) is 14.6. The van der Waals surface area contributed by atoms with E-state index in [9.17, 15) is 10.2 Å². The molecule has 0 amide bonds. The molecule has 0 bridgehead atoms. The molecule has 1 aliphatic rings. The molecule has 0 fully saturated rings. The van der Waals surface area contributed by atoms with Crippen molar-refractivity contribution in [1.29, 1.82) is 0 Å². The van der Waals surface area contributed by atoms with Gasteiger partial charge in [-0.25, -0.2) is 0 Å². The number of halogens is 2. The fourth-order valence-electron chi connectivity index (χ4n) is 3.54. The molecule has 0 spiro atoms. The van der Waals surface area contributed by atoms with Gasteiger partial charge in [0.25, 0.3) is 0 Å². The minimum absolute atomic E-state index is 0.0580. The number of fused-ring (bicyclic) bond motifs is 2. The number of β-amino-alcohol motifs (C(OH)–C–C–N with tert-alkyl or cyclic N) is 1. The van der Waals surface area contributed by atoms with Crippen LogP contribution < -0.4 is 9.47 Å². The molecule has 2 N–H and O–H groups in total. The summed E-state index contributed by atoms with van der Waals surface area (Å²) in [4.78, 5) is 3.20. The zero-order valence-corrected chi connectivity index (χ0v) is 18.5. The second-order valence-corrected chi connectivity index (χ2v) is 8.74. The Kier molecular flexibility index (Phi) is 6.66. The second-order valence-electron chi connectivity index (χ2n) is 6.80. The topological polar surface area (TPSA) is 47.6 Å². The third kappa shape index (κ3) is 4.36. The smallest absolute Gasteiger partial charge is 0.214 e. The third-order valence-corrected chi connectivity index (χ3v) is 6.49. The Bertz CT molecular complexity index is 1150. The molecule has 154 valence electrons. The van der Waals surface area contributed by atoms with Gasteiger partial charge in [0.2, 0.25) is 5.52 Å². The van der Waals surface area contributed by atoms with Crippen LogP contribution in [0.3, 0.4) is 0 Å². The summed E-state index contributed by atoms with van der Waals surface area (Å²) in [5.41, 5.74) is 3.06. The van der Waals surface area contributed by atoms with E-state index in [-0.39, 0.29) is 13.2 Å². The average Bonchev–Trinajstić information content (AvgIpc) is 3.06. The molecule has 0 aliphatic carbocycles. The summed E-state index contributed by atoms with van der Waals surface area (Å²) in [7, 11) is 0. The SMILES string of the molecule is OCCN1/C(=C/C=C/c2cc[n+](CCO)c3cc(Cl)ccc23)Sc2ccc(Cl)cc21. The maximum Gasteiger partial charge on any atom is 0.214 e.